The van der Waals surface area contributed by atoms with Gasteiger partial charge >= 0.3 is 23.9 Å². The summed E-state index contributed by atoms with van der Waals surface area (Å²) in [5.41, 5.74) is -0.908. The van der Waals surface area contributed by atoms with E-state index in [0.29, 0.717) is 12.8 Å². The number of hydrogen-bond donors (Lipinski definition) is 3. The third-order valence-corrected chi connectivity index (χ3v) is 5.61. The largest absolute Gasteiger partial charge is 0.481 e. The summed E-state index contributed by atoms with van der Waals surface area (Å²) in [7, 11) is 0. The molecule has 1 aliphatic carbocycles. The van der Waals surface area contributed by atoms with Gasteiger partial charge in [0, 0.05) is 12.0 Å². The SMILES string of the molecule is CC=CC(C)C(=O)OC1=CCCC=C1C(=O)OCC=CC=CCC(=O)OC(C(=O)NCCC(=O)O)C(C)(C)CO. The molecule has 0 aliphatic heterocycles. The Morgan fingerprint density at radius 1 is 1.10 bits per heavy atom. The van der Waals surface area contributed by atoms with Gasteiger partial charge < -0.3 is 29.7 Å². The number of esters is 3. The summed E-state index contributed by atoms with van der Waals surface area (Å²) in [5.74, 6) is -3.90. The Morgan fingerprint density at radius 2 is 1.77 bits per heavy atom. The van der Waals surface area contributed by atoms with E-state index in [0.717, 1.165) is 0 Å². The third kappa shape index (κ3) is 12.2. The fraction of sp³-hybridized carbons (Fsp3) is 0.483. The van der Waals surface area contributed by atoms with Gasteiger partial charge in [-0.1, -0.05) is 50.3 Å². The average Bonchev–Trinajstić information content (AvgIpc) is 2.91. The molecule has 0 aromatic heterocycles. The molecule has 0 heterocycles. The van der Waals surface area contributed by atoms with Crippen molar-refractivity contribution in [1.29, 1.82) is 0 Å². The first-order valence-corrected chi connectivity index (χ1v) is 13.0. The van der Waals surface area contributed by atoms with E-state index in [-0.39, 0.29) is 37.3 Å². The third-order valence-electron chi connectivity index (χ3n) is 5.61. The average molecular weight is 562 g/mol. The number of ether oxygens (including phenoxy) is 3. The molecule has 0 saturated heterocycles. The van der Waals surface area contributed by atoms with Crippen molar-refractivity contribution in [3.8, 4) is 0 Å². The highest BCUT2D eigenvalue weighted by atomic mass is 16.6. The van der Waals surface area contributed by atoms with Gasteiger partial charge in [-0.25, -0.2) is 4.79 Å². The van der Waals surface area contributed by atoms with Gasteiger partial charge in [-0.2, -0.15) is 0 Å². The molecule has 220 valence electrons. The second-order valence-electron chi connectivity index (χ2n) is 9.61. The van der Waals surface area contributed by atoms with Crippen LogP contribution in [0.15, 0.2) is 59.9 Å². The van der Waals surface area contributed by atoms with Crippen LogP contribution in [0, 0.1) is 11.3 Å². The fourth-order valence-electron chi connectivity index (χ4n) is 3.30. The minimum Gasteiger partial charge on any atom is -0.481 e. The Kier molecular flexibility index (Phi) is 15.0. The highest BCUT2D eigenvalue weighted by Gasteiger charge is 2.38. The second-order valence-corrected chi connectivity index (χ2v) is 9.61. The van der Waals surface area contributed by atoms with Crippen LogP contribution in [0.25, 0.3) is 0 Å². The number of hydrogen-bond acceptors (Lipinski definition) is 9. The molecule has 11 heteroatoms. The molecule has 0 aromatic rings. The van der Waals surface area contributed by atoms with Crippen molar-refractivity contribution >= 4 is 29.8 Å². The Hall–Kier alpha value is -3.99. The Morgan fingerprint density at radius 3 is 2.42 bits per heavy atom. The van der Waals surface area contributed by atoms with Crippen LogP contribution in [0.2, 0.25) is 0 Å². The number of rotatable bonds is 16. The molecule has 1 amide bonds. The maximum atomic E-state index is 12.5. The van der Waals surface area contributed by atoms with Crippen molar-refractivity contribution in [2.24, 2.45) is 11.3 Å². The van der Waals surface area contributed by atoms with Gasteiger partial charge in [0.15, 0.2) is 6.10 Å². The van der Waals surface area contributed by atoms with E-state index in [1.54, 1.807) is 50.3 Å². The molecule has 0 aromatic carbocycles. The van der Waals surface area contributed by atoms with Crippen molar-refractivity contribution in [3.05, 3.63) is 59.9 Å². The molecule has 2 unspecified atom stereocenters. The molecule has 2 atom stereocenters. The zero-order chi connectivity index (χ0) is 30.1. The number of carbonyl (C=O) groups excluding carboxylic acids is 4. The monoisotopic (exact) mass is 561 g/mol. The molecule has 11 nitrogen and oxygen atoms in total. The number of carboxylic acids is 1. The number of aliphatic carboxylic acids is 1. The van der Waals surface area contributed by atoms with Gasteiger partial charge in [0.1, 0.15) is 12.4 Å². The van der Waals surface area contributed by atoms with E-state index >= 15 is 0 Å². The van der Waals surface area contributed by atoms with E-state index in [1.165, 1.54) is 26.0 Å². The summed E-state index contributed by atoms with van der Waals surface area (Å²) in [6.45, 7) is 5.92. The van der Waals surface area contributed by atoms with E-state index < -0.39 is 53.8 Å². The molecule has 3 N–H and O–H groups in total. The predicted octanol–water partition coefficient (Wildman–Crippen LogP) is 2.91. The predicted molar refractivity (Wildman–Crippen MR) is 145 cm³/mol. The van der Waals surface area contributed by atoms with Gasteiger partial charge in [0.25, 0.3) is 5.91 Å². The molecule has 0 radical (unpaired) electrons. The number of aliphatic hydroxyl groups excluding tert-OH is 1. The van der Waals surface area contributed by atoms with Crippen molar-refractivity contribution < 1.29 is 48.4 Å². The maximum Gasteiger partial charge on any atom is 0.341 e. The summed E-state index contributed by atoms with van der Waals surface area (Å²) < 4.78 is 15.9. The topological polar surface area (TPSA) is 166 Å². The zero-order valence-electron chi connectivity index (χ0n) is 23.4. The van der Waals surface area contributed by atoms with Gasteiger partial charge in [-0.15, -0.1) is 0 Å². The summed E-state index contributed by atoms with van der Waals surface area (Å²) in [4.78, 5) is 60.0. The van der Waals surface area contributed by atoms with E-state index in [4.69, 9.17) is 19.3 Å². The van der Waals surface area contributed by atoms with Gasteiger partial charge in [0.05, 0.1) is 30.9 Å². The number of nitrogens with one attached hydrogen (secondary N) is 1. The maximum absolute atomic E-state index is 12.5. The summed E-state index contributed by atoms with van der Waals surface area (Å²) >= 11 is 0. The fourth-order valence-corrected chi connectivity index (χ4v) is 3.30. The number of carbonyl (C=O) groups is 5. The Labute approximate surface area is 234 Å². The minimum atomic E-state index is -1.32. The lowest BCUT2D eigenvalue weighted by Crippen LogP contribution is -2.48. The van der Waals surface area contributed by atoms with Crippen molar-refractivity contribution in [3.63, 3.8) is 0 Å². The highest BCUT2D eigenvalue weighted by Crippen LogP contribution is 2.24. The van der Waals surface area contributed by atoms with Crippen LogP contribution in [0.1, 0.15) is 53.4 Å². The molecule has 0 fully saturated rings. The van der Waals surface area contributed by atoms with Gasteiger partial charge in [-0.05, 0) is 38.8 Å². The minimum absolute atomic E-state index is 0.0650. The molecule has 0 bridgehead atoms. The first-order chi connectivity index (χ1) is 18.9. The molecule has 1 rings (SSSR count). The van der Waals surface area contributed by atoms with Crippen molar-refractivity contribution in [2.45, 2.75) is 59.5 Å². The number of aliphatic hydroxyl groups is 1. The zero-order valence-corrected chi connectivity index (χ0v) is 23.4. The lowest BCUT2D eigenvalue weighted by molar-refractivity contribution is -0.164. The molecular weight excluding hydrogens is 522 g/mol. The molecule has 0 saturated carbocycles. The van der Waals surface area contributed by atoms with Crippen LogP contribution < -0.4 is 5.32 Å². The van der Waals surface area contributed by atoms with Gasteiger partial charge in [-0.3, -0.25) is 19.2 Å². The second kappa shape index (κ2) is 17.6. The molecular formula is C29H39NO10. The van der Waals surface area contributed by atoms with E-state index in [1.807, 2.05) is 0 Å². The Bertz CT molecular complexity index is 1060. The highest BCUT2D eigenvalue weighted by molar-refractivity contribution is 5.94. The lowest BCUT2D eigenvalue weighted by atomic mass is 9.86. The van der Waals surface area contributed by atoms with Crippen LogP contribution in [0.3, 0.4) is 0 Å². The Balaban J connectivity index is 2.56. The standard InChI is InChI=1S/C29H39NO10/c1-5-12-20(2)27(36)39-22-14-10-9-13-21(22)28(37)38-18-11-7-6-8-15-24(34)40-25(29(3,4)19-31)26(35)30-17-16-23(32)33/h5-8,11-14,20,25,31H,9-10,15-19H2,1-4H3,(H,30,35)(H,32,33). The molecule has 40 heavy (non-hydrogen) atoms. The first kappa shape index (κ1) is 34.0. The van der Waals surface area contributed by atoms with Crippen LogP contribution in [-0.4, -0.2) is 65.9 Å². The van der Waals surface area contributed by atoms with Crippen LogP contribution >= 0.6 is 0 Å². The van der Waals surface area contributed by atoms with Crippen LogP contribution in [0.5, 0.6) is 0 Å². The summed E-state index contributed by atoms with van der Waals surface area (Å²) in [5, 5.41) is 20.7. The van der Waals surface area contributed by atoms with Gasteiger partial charge in [0.2, 0.25) is 0 Å². The smallest absolute Gasteiger partial charge is 0.341 e. The lowest BCUT2D eigenvalue weighted by Gasteiger charge is -2.30. The first-order valence-electron chi connectivity index (χ1n) is 13.0. The number of allylic oxidation sites excluding steroid dienone is 5. The number of carboxylic acid groups (broad SMARTS) is 1. The normalized spacial score (nSPS) is 15.3. The number of amides is 1. The summed E-state index contributed by atoms with van der Waals surface area (Å²) in [6, 6.07) is 0. The van der Waals surface area contributed by atoms with Crippen molar-refractivity contribution in [2.75, 3.05) is 19.8 Å². The molecule has 1 aliphatic rings. The summed E-state index contributed by atoms with van der Waals surface area (Å²) in [6.07, 6.45) is 12.4. The van der Waals surface area contributed by atoms with E-state index in [9.17, 15) is 29.1 Å². The molecule has 0 spiro atoms. The van der Waals surface area contributed by atoms with Crippen molar-refractivity contribution in [1.82, 2.24) is 5.32 Å². The van der Waals surface area contributed by atoms with Crippen LogP contribution in [-0.2, 0) is 38.2 Å². The van der Waals surface area contributed by atoms with Crippen LogP contribution in [0.4, 0.5) is 0 Å². The quantitative estimate of drug-likeness (QED) is 0.110. The van der Waals surface area contributed by atoms with E-state index in [2.05, 4.69) is 5.32 Å².